The van der Waals surface area contributed by atoms with Crippen LogP contribution in [-0.4, -0.2) is 11.3 Å². The SMILES string of the molecule is CCc1nc(C(N)c2ccccc2OC(F)(F)F)sc1C. The van der Waals surface area contributed by atoms with Crippen LogP contribution in [0.3, 0.4) is 0 Å². The standard InChI is InChI=1S/C14H15F3N2OS/c1-3-10-8(2)21-13(19-10)12(18)9-6-4-5-7-11(9)20-14(15,16)17/h4-7,12H,3,18H2,1-2H3. The van der Waals surface area contributed by atoms with Crippen LogP contribution in [0.5, 0.6) is 5.75 Å². The first kappa shape index (κ1) is 15.8. The van der Waals surface area contributed by atoms with E-state index in [1.807, 2.05) is 13.8 Å². The van der Waals surface area contributed by atoms with Crippen LogP contribution in [0.2, 0.25) is 0 Å². The van der Waals surface area contributed by atoms with Crippen molar-refractivity contribution in [1.82, 2.24) is 4.98 Å². The molecule has 0 aliphatic carbocycles. The fraction of sp³-hybridized carbons (Fsp3) is 0.357. The maximum Gasteiger partial charge on any atom is 0.573 e. The predicted molar refractivity (Wildman–Crippen MR) is 75.4 cm³/mol. The molecule has 1 heterocycles. The summed E-state index contributed by atoms with van der Waals surface area (Å²) in [6.45, 7) is 3.89. The molecule has 1 aromatic carbocycles. The van der Waals surface area contributed by atoms with Crippen molar-refractivity contribution in [3.63, 3.8) is 0 Å². The molecule has 0 spiro atoms. The summed E-state index contributed by atoms with van der Waals surface area (Å²) >= 11 is 1.40. The van der Waals surface area contributed by atoms with Crippen LogP contribution in [0, 0.1) is 6.92 Å². The molecule has 2 aromatic rings. The number of benzene rings is 1. The first-order valence-electron chi connectivity index (χ1n) is 6.38. The lowest BCUT2D eigenvalue weighted by Crippen LogP contribution is -2.20. The summed E-state index contributed by atoms with van der Waals surface area (Å²) in [5, 5.41) is 0.586. The van der Waals surface area contributed by atoms with E-state index in [1.165, 1.54) is 29.5 Å². The van der Waals surface area contributed by atoms with Gasteiger partial charge in [0.2, 0.25) is 0 Å². The molecule has 3 nitrogen and oxygen atoms in total. The predicted octanol–water partition coefficient (Wildman–Crippen LogP) is 3.96. The van der Waals surface area contributed by atoms with Crippen LogP contribution in [-0.2, 0) is 6.42 Å². The Kier molecular flexibility index (Phi) is 4.53. The summed E-state index contributed by atoms with van der Waals surface area (Å²) in [6.07, 6.45) is -3.99. The molecule has 0 saturated heterocycles. The number of hydrogen-bond acceptors (Lipinski definition) is 4. The summed E-state index contributed by atoms with van der Waals surface area (Å²) in [7, 11) is 0. The first-order valence-corrected chi connectivity index (χ1v) is 7.20. The Labute approximate surface area is 124 Å². The highest BCUT2D eigenvalue weighted by atomic mass is 32.1. The molecule has 0 aliphatic heterocycles. The Bertz CT molecular complexity index is 625. The third kappa shape index (κ3) is 3.74. The normalized spacial score (nSPS) is 13.2. The third-order valence-electron chi connectivity index (χ3n) is 2.99. The van der Waals surface area contributed by atoms with Gasteiger partial charge in [0, 0.05) is 10.4 Å². The summed E-state index contributed by atoms with van der Waals surface area (Å²) < 4.78 is 41.3. The molecule has 114 valence electrons. The first-order chi connectivity index (χ1) is 9.81. The molecule has 7 heteroatoms. The molecule has 1 aromatic heterocycles. The number of thiazole rings is 1. The zero-order valence-electron chi connectivity index (χ0n) is 11.6. The van der Waals surface area contributed by atoms with Gasteiger partial charge in [-0.15, -0.1) is 24.5 Å². The highest BCUT2D eigenvalue weighted by molar-refractivity contribution is 7.11. The third-order valence-corrected chi connectivity index (χ3v) is 4.09. The molecule has 0 amide bonds. The number of aryl methyl sites for hydroxylation is 2. The van der Waals surface area contributed by atoms with Gasteiger partial charge in [-0.3, -0.25) is 0 Å². The van der Waals surface area contributed by atoms with Crippen molar-refractivity contribution < 1.29 is 17.9 Å². The molecule has 1 unspecified atom stereocenters. The number of aromatic nitrogens is 1. The van der Waals surface area contributed by atoms with E-state index in [0.29, 0.717) is 5.01 Å². The minimum absolute atomic E-state index is 0.270. The lowest BCUT2D eigenvalue weighted by atomic mass is 10.1. The Hall–Kier alpha value is -1.60. The molecular formula is C14H15F3N2OS. The van der Waals surface area contributed by atoms with E-state index < -0.39 is 12.4 Å². The maximum absolute atomic E-state index is 12.4. The van der Waals surface area contributed by atoms with E-state index in [9.17, 15) is 13.2 Å². The summed E-state index contributed by atoms with van der Waals surface area (Å²) in [5.41, 5.74) is 7.26. The van der Waals surface area contributed by atoms with Crippen LogP contribution in [0.4, 0.5) is 13.2 Å². The van der Waals surface area contributed by atoms with E-state index in [-0.39, 0.29) is 11.3 Å². The van der Waals surface area contributed by atoms with E-state index in [4.69, 9.17) is 5.73 Å². The Morgan fingerprint density at radius 3 is 2.57 bits per heavy atom. The summed E-state index contributed by atoms with van der Waals surface area (Å²) in [5.74, 6) is -0.289. The van der Waals surface area contributed by atoms with Crippen molar-refractivity contribution in [3.8, 4) is 5.75 Å². The minimum Gasteiger partial charge on any atom is -0.405 e. The second kappa shape index (κ2) is 6.03. The number of hydrogen-bond donors (Lipinski definition) is 1. The lowest BCUT2D eigenvalue weighted by molar-refractivity contribution is -0.274. The van der Waals surface area contributed by atoms with Crippen LogP contribution in [0.1, 0.15) is 34.1 Å². The van der Waals surface area contributed by atoms with Gasteiger partial charge >= 0.3 is 6.36 Å². The zero-order valence-corrected chi connectivity index (χ0v) is 12.4. The highest BCUT2D eigenvalue weighted by Crippen LogP contribution is 2.34. The number of halogens is 3. The molecule has 2 rings (SSSR count). The van der Waals surface area contributed by atoms with Crippen molar-refractivity contribution in [3.05, 3.63) is 45.4 Å². The smallest absolute Gasteiger partial charge is 0.405 e. The minimum atomic E-state index is -4.75. The topological polar surface area (TPSA) is 48.1 Å². The second-order valence-corrected chi connectivity index (χ2v) is 5.71. The Morgan fingerprint density at radius 2 is 2.00 bits per heavy atom. The van der Waals surface area contributed by atoms with E-state index in [0.717, 1.165) is 17.0 Å². The molecule has 21 heavy (non-hydrogen) atoms. The molecule has 0 fully saturated rings. The monoisotopic (exact) mass is 316 g/mol. The number of rotatable bonds is 4. The van der Waals surface area contributed by atoms with Gasteiger partial charge in [0.05, 0.1) is 11.7 Å². The lowest BCUT2D eigenvalue weighted by Gasteiger charge is -2.16. The van der Waals surface area contributed by atoms with E-state index in [1.54, 1.807) is 6.07 Å². The quantitative estimate of drug-likeness (QED) is 0.929. The van der Waals surface area contributed by atoms with Gasteiger partial charge in [-0.05, 0) is 19.4 Å². The number of nitrogens with zero attached hydrogens (tertiary/aromatic N) is 1. The van der Waals surface area contributed by atoms with Gasteiger partial charge in [-0.25, -0.2) is 4.98 Å². The molecule has 0 radical (unpaired) electrons. The number of para-hydroxylation sites is 1. The summed E-state index contributed by atoms with van der Waals surface area (Å²) in [4.78, 5) is 5.42. The fourth-order valence-corrected chi connectivity index (χ4v) is 3.03. The van der Waals surface area contributed by atoms with Crippen molar-refractivity contribution in [2.75, 3.05) is 0 Å². The van der Waals surface area contributed by atoms with Crippen LogP contribution < -0.4 is 10.5 Å². The van der Waals surface area contributed by atoms with Crippen molar-refractivity contribution in [2.24, 2.45) is 5.73 Å². The van der Waals surface area contributed by atoms with E-state index in [2.05, 4.69) is 9.72 Å². The molecular weight excluding hydrogens is 301 g/mol. The maximum atomic E-state index is 12.4. The van der Waals surface area contributed by atoms with Crippen molar-refractivity contribution >= 4 is 11.3 Å². The van der Waals surface area contributed by atoms with Gasteiger partial charge in [0.1, 0.15) is 10.8 Å². The molecule has 2 N–H and O–H groups in total. The van der Waals surface area contributed by atoms with E-state index >= 15 is 0 Å². The summed E-state index contributed by atoms with van der Waals surface area (Å²) in [6, 6.07) is 5.13. The highest BCUT2D eigenvalue weighted by Gasteiger charge is 2.33. The second-order valence-electron chi connectivity index (χ2n) is 4.47. The van der Waals surface area contributed by atoms with Gasteiger partial charge in [-0.2, -0.15) is 0 Å². The van der Waals surface area contributed by atoms with Crippen LogP contribution in [0.25, 0.3) is 0 Å². The molecule has 0 bridgehead atoms. The average Bonchev–Trinajstić information content (AvgIpc) is 2.78. The van der Waals surface area contributed by atoms with Gasteiger partial charge < -0.3 is 10.5 Å². The molecule has 0 saturated carbocycles. The van der Waals surface area contributed by atoms with Gasteiger partial charge in [0.15, 0.2) is 0 Å². The van der Waals surface area contributed by atoms with Crippen molar-refractivity contribution in [1.29, 1.82) is 0 Å². The van der Waals surface area contributed by atoms with Gasteiger partial charge in [-0.1, -0.05) is 25.1 Å². The van der Waals surface area contributed by atoms with Gasteiger partial charge in [0.25, 0.3) is 0 Å². The Morgan fingerprint density at radius 1 is 1.33 bits per heavy atom. The number of alkyl halides is 3. The average molecular weight is 316 g/mol. The van der Waals surface area contributed by atoms with Crippen LogP contribution >= 0.6 is 11.3 Å². The zero-order chi connectivity index (χ0) is 15.6. The number of nitrogens with two attached hydrogens (primary N) is 1. The number of ether oxygens (including phenoxy) is 1. The molecule has 0 aliphatic rings. The van der Waals surface area contributed by atoms with Crippen LogP contribution in [0.15, 0.2) is 24.3 Å². The largest absolute Gasteiger partial charge is 0.573 e. The van der Waals surface area contributed by atoms with Crippen molar-refractivity contribution in [2.45, 2.75) is 32.7 Å². The fourth-order valence-electron chi connectivity index (χ4n) is 2.00. The molecule has 1 atom stereocenters. The Balaban J connectivity index is 2.36.